The van der Waals surface area contributed by atoms with Gasteiger partial charge in [-0.05, 0) is 75.6 Å². The van der Waals surface area contributed by atoms with Gasteiger partial charge in [-0.15, -0.1) is 0 Å². The molecule has 42 heavy (non-hydrogen) atoms. The Balaban J connectivity index is 1.66. The van der Waals surface area contributed by atoms with Crippen molar-refractivity contribution in [1.29, 1.82) is 0 Å². The summed E-state index contributed by atoms with van der Waals surface area (Å²) >= 11 is 0. The molecule has 224 valence electrons. The third-order valence-corrected chi connectivity index (χ3v) is 9.43. The molecule has 0 bridgehead atoms. The van der Waals surface area contributed by atoms with E-state index in [-0.39, 0.29) is 23.4 Å². The number of nitrogens with one attached hydrogen (secondary N) is 1. The molecule has 1 N–H and O–H groups in total. The smallest absolute Gasteiger partial charge is 0.264 e. The highest BCUT2D eigenvalue weighted by atomic mass is 32.2. The topological polar surface area (TPSA) is 96.0 Å². The molecule has 0 radical (unpaired) electrons. The van der Waals surface area contributed by atoms with E-state index in [0.717, 1.165) is 47.5 Å². The fraction of sp³-hybridized carbons (Fsp3) is 0.394. The maximum atomic E-state index is 14.1. The number of carbonyl (C=O) groups excluding carboxylic acids is 2. The molecule has 1 aliphatic rings. The van der Waals surface area contributed by atoms with Gasteiger partial charge in [0.25, 0.3) is 10.0 Å². The zero-order valence-electron chi connectivity index (χ0n) is 24.7. The summed E-state index contributed by atoms with van der Waals surface area (Å²) < 4.78 is 34.5. The molecule has 1 saturated carbocycles. The quantitative estimate of drug-likeness (QED) is 0.302. The molecule has 9 heteroatoms. The van der Waals surface area contributed by atoms with Crippen molar-refractivity contribution < 1.29 is 22.7 Å². The Morgan fingerprint density at radius 3 is 2.19 bits per heavy atom. The van der Waals surface area contributed by atoms with Gasteiger partial charge in [-0.3, -0.25) is 13.9 Å². The number of ether oxygens (including phenoxy) is 1. The van der Waals surface area contributed by atoms with Gasteiger partial charge in [0.2, 0.25) is 11.8 Å². The fourth-order valence-electron chi connectivity index (χ4n) is 5.17. The van der Waals surface area contributed by atoms with Crippen LogP contribution in [0.15, 0.2) is 83.8 Å². The first-order chi connectivity index (χ1) is 20.2. The van der Waals surface area contributed by atoms with Crippen LogP contribution in [-0.2, 0) is 26.2 Å². The summed E-state index contributed by atoms with van der Waals surface area (Å²) in [5.41, 5.74) is 2.25. The molecule has 1 atom stereocenters. The highest BCUT2D eigenvalue weighted by Crippen LogP contribution is 2.27. The molecule has 3 aromatic rings. The zero-order valence-corrected chi connectivity index (χ0v) is 25.5. The van der Waals surface area contributed by atoms with Crippen LogP contribution in [0.2, 0.25) is 0 Å². The van der Waals surface area contributed by atoms with Gasteiger partial charge in [0.1, 0.15) is 18.3 Å². The molecular weight excluding hydrogens is 550 g/mol. The van der Waals surface area contributed by atoms with Crippen LogP contribution < -0.4 is 14.4 Å². The Kier molecular flexibility index (Phi) is 10.6. The monoisotopic (exact) mass is 591 g/mol. The Morgan fingerprint density at radius 2 is 1.57 bits per heavy atom. The lowest BCUT2D eigenvalue weighted by molar-refractivity contribution is -0.139. The molecule has 1 fully saturated rings. The van der Waals surface area contributed by atoms with Crippen molar-refractivity contribution in [3.05, 3.63) is 90.0 Å². The van der Waals surface area contributed by atoms with Gasteiger partial charge in [0.15, 0.2) is 0 Å². The molecular formula is C33H41N3O5S. The molecule has 0 heterocycles. The summed E-state index contributed by atoms with van der Waals surface area (Å²) in [4.78, 5) is 29.1. The van der Waals surface area contributed by atoms with Crippen LogP contribution >= 0.6 is 0 Å². The minimum absolute atomic E-state index is 0.0693. The molecule has 2 amide bonds. The average molecular weight is 592 g/mol. The number of aryl methyl sites for hydroxylation is 1. The number of amides is 2. The maximum absolute atomic E-state index is 14.1. The van der Waals surface area contributed by atoms with Crippen LogP contribution in [0.5, 0.6) is 5.75 Å². The third kappa shape index (κ3) is 7.91. The number of nitrogens with zero attached hydrogens (tertiary/aromatic N) is 2. The SMILES string of the molecule is CCOc1ccc(N(CC(=O)N(Cc2ccc(C)cc2)C(C)C(=O)NC2CCCCC2)S(=O)(=O)c2ccccc2)cc1. The second-order valence-electron chi connectivity index (χ2n) is 10.8. The van der Waals surface area contributed by atoms with Gasteiger partial charge < -0.3 is 15.0 Å². The van der Waals surface area contributed by atoms with Gasteiger partial charge in [0, 0.05) is 12.6 Å². The second-order valence-corrected chi connectivity index (χ2v) is 12.6. The number of rotatable bonds is 12. The third-order valence-electron chi connectivity index (χ3n) is 7.64. The second kappa shape index (κ2) is 14.4. The normalized spacial score (nSPS) is 14.5. The van der Waals surface area contributed by atoms with E-state index in [9.17, 15) is 18.0 Å². The summed E-state index contributed by atoms with van der Waals surface area (Å²) in [6, 6.07) is 21.7. The standard InChI is InChI=1S/C33H41N3O5S/c1-4-41-30-21-19-29(20-22-30)36(42(39,40)31-13-9-6-10-14-31)24-32(37)35(23-27-17-15-25(2)16-18-27)26(3)33(38)34-28-11-7-5-8-12-28/h6,9-10,13-22,26,28H,4-5,7-8,11-12,23-24H2,1-3H3,(H,34,38). The van der Waals surface area contributed by atoms with Crippen molar-refractivity contribution in [2.45, 2.75) is 76.4 Å². The van der Waals surface area contributed by atoms with Crippen molar-refractivity contribution in [2.75, 3.05) is 17.5 Å². The summed E-state index contributed by atoms with van der Waals surface area (Å²) in [5.74, 6) is -0.116. The zero-order chi connectivity index (χ0) is 30.1. The van der Waals surface area contributed by atoms with E-state index in [1.165, 1.54) is 17.0 Å². The van der Waals surface area contributed by atoms with Gasteiger partial charge in [-0.25, -0.2) is 8.42 Å². The summed E-state index contributed by atoms with van der Waals surface area (Å²) in [6.45, 7) is 5.72. The first-order valence-corrected chi connectivity index (χ1v) is 16.1. The molecule has 4 rings (SSSR count). The summed E-state index contributed by atoms with van der Waals surface area (Å²) in [6.07, 6.45) is 5.15. The Hall–Kier alpha value is -3.85. The average Bonchev–Trinajstić information content (AvgIpc) is 3.00. The molecule has 0 spiro atoms. The summed E-state index contributed by atoms with van der Waals surface area (Å²) in [5, 5.41) is 3.13. The number of hydrogen-bond donors (Lipinski definition) is 1. The maximum Gasteiger partial charge on any atom is 0.264 e. The predicted molar refractivity (Wildman–Crippen MR) is 165 cm³/mol. The highest BCUT2D eigenvalue weighted by molar-refractivity contribution is 7.92. The molecule has 1 unspecified atom stereocenters. The molecule has 0 saturated heterocycles. The molecule has 8 nitrogen and oxygen atoms in total. The molecule has 3 aromatic carbocycles. The number of hydrogen-bond acceptors (Lipinski definition) is 5. The van der Waals surface area contributed by atoms with Crippen LogP contribution in [0.1, 0.15) is 57.1 Å². The summed E-state index contributed by atoms with van der Waals surface area (Å²) in [7, 11) is -4.11. The van der Waals surface area contributed by atoms with Crippen molar-refractivity contribution in [3.63, 3.8) is 0 Å². The largest absolute Gasteiger partial charge is 0.494 e. The number of anilines is 1. The lowest BCUT2D eigenvalue weighted by atomic mass is 9.95. The van der Waals surface area contributed by atoms with Gasteiger partial charge in [0.05, 0.1) is 17.2 Å². The first kappa shape index (κ1) is 31.1. The van der Waals surface area contributed by atoms with Crippen molar-refractivity contribution in [2.24, 2.45) is 0 Å². The number of sulfonamides is 1. The van der Waals surface area contributed by atoms with E-state index in [4.69, 9.17) is 4.74 Å². The van der Waals surface area contributed by atoms with Crippen molar-refractivity contribution >= 4 is 27.5 Å². The number of carbonyl (C=O) groups is 2. The van der Waals surface area contributed by atoms with E-state index < -0.39 is 28.5 Å². The fourth-order valence-corrected chi connectivity index (χ4v) is 6.60. The van der Waals surface area contributed by atoms with Crippen LogP contribution in [-0.4, -0.2) is 50.4 Å². The highest BCUT2D eigenvalue weighted by Gasteiger charge is 2.33. The molecule has 0 aliphatic heterocycles. The van der Waals surface area contributed by atoms with Crippen LogP contribution in [0.4, 0.5) is 5.69 Å². The van der Waals surface area contributed by atoms with Crippen LogP contribution in [0.3, 0.4) is 0 Å². The van der Waals surface area contributed by atoms with Gasteiger partial charge in [-0.2, -0.15) is 0 Å². The van der Waals surface area contributed by atoms with Crippen molar-refractivity contribution in [3.8, 4) is 5.75 Å². The van der Waals surface area contributed by atoms with Crippen LogP contribution in [0.25, 0.3) is 0 Å². The van der Waals surface area contributed by atoms with E-state index in [2.05, 4.69) is 5.32 Å². The Morgan fingerprint density at radius 1 is 0.929 bits per heavy atom. The van der Waals surface area contributed by atoms with E-state index in [1.54, 1.807) is 49.4 Å². The number of benzene rings is 3. The lowest BCUT2D eigenvalue weighted by Crippen LogP contribution is -2.53. The van der Waals surface area contributed by atoms with Crippen LogP contribution in [0, 0.1) is 6.92 Å². The Labute approximate surface area is 249 Å². The first-order valence-electron chi connectivity index (χ1n) is 14.6. The van der Waals surface area contributed by atoms with Crippen molar-refractivity contribution in [1.82, 2.24) is 10.2 Å². The lowest BCUT2D eigenvalue weighted by Gasteiger charge is -2.33. The van der Waals surface area contributed by atoms with Gasteiger partial charge in [-0.1, -0.05) is 67.3 Å². The van der Waals surface area contributed by atoms with E-state index in [1.807, 2.05) is 38.1 Å². The van der Waals surface area contributed by atoms with E-state index >= 15 is 0 Å². The van der Waals surface area contributed by atoms with E-state index in [0.29, 0.717) is 18.0 Å². The molecule has 0 aromatic heterocycles. The minimum Gasteiger partial charge on any atom is -0.494 e. The Bertz CT molecular complexity index is 1420. The predicted octanol–water partition coefficient (Wildman–Crippen LogP) is 5.46. The minimum atomic E-state index is -4.11. The molecule has 1 aliphatic carbocycles. The van der Waals surface area contributed by atoms with Gasteiger partial charge >= 0.3 is 0 Å².